The van der Waals surface area contributed by atoms with E-state index in [-0.39, 0.29) is 22.9 Å². The number of furan rings is 1. The molecule has 1 heterocycles. The van der Waals surface area contributed by atoms with Gasteiger partial charge < -0.3 is 14.3 Å². The SMILES string of the molecule is CO[C@@H]1C(C)=C(CCc2ccoc2)[C@@]2(C)CCCC(C)(C)[C@@H]2[C@@H]1O. The van der Waals surface area contributed by atoms with Crippen molar-refractivity contribution in [3.63, 3.8) is 0 Å². The number of hydrogen-bond donors (Lipinski definition) is 1. The smallest absolute Gasteiger partial charge is 0.104 e. The van der Waals surface area contributed by atoms with Crippen molar-refractivity contribution in [3.05, 3.63) is 35.3 Å². The molecule has 0 bridgehead atoms. The maximum Gasteiger partial charge on any atom is 0.104 e. The number of fused-ring (bicyclic) bond motifs is 1. The van der Waals surface area contributed by atoms with Crippen molar-refractivity contribution < 1.29 is 14.3 Å². The zero-order chi connectivity index (χ0) is 17.5. The van der Waals surface area contributed by atoms with Gasteiger partial charge in [-0.25, -0.2) is 0 Å². The van der Waals surface area contributed by atoms with Gasteiger partial charge in [-0.2, -0.15) is 0 Å². The summed E-state index contributed by atoms with van der Waals surface area (Å²) in [7, 11) is 1.73. The van der Waals surface area contributed by atoms with E-state index in [4.69, 9.17) is 9.15 Å². The van der Waals surface area contributed by atoms with Crippen LogP contribution in [-0.4, -0.2) is 24.4 Å². The van der Waals surface area contributed by atoms with E-state index in [1.165, 1.54) is 29.6 Å². The second-order valence-electron chi connectivity index (χ2n) is 8.68. The van der Waals surface area contributed by atoms with Crippen LogP contribution in [0.1, 0.15) is 58.9 Å². The third kappa shape index (κ3) is 2.76. The van der Waals surface area contributed by atoms with Gasteiger partial charge in [-0.3, -0.25) is 0 Å². The van der Waals surface area contributed by atoms with Crippen molar-refractivity contribution in [2.24, 2.45) is 16.7 Å². The van der Waals surface area contributed by atoms with Gasteiger partial charge >= 0.3 is 0 Å². The first-order chi connectivity index (χ1) is 11.3. The lowest BCUT2D eigenvalue weighted by Gasteiger charge is -2.58. The summed E-state index contributed by atoms with van der Waals surface area (Å²) in [6.07, 6.45) is 8.54. The number of ether oxygens (including phenoxy) is 1. The summed E-state index contributed by atoms with van der Waals surface area (Å²) >= 11 is 0. The van der Waals surface area contributed by atoms with E-state index in [0.29, 0.717) is 0 Å². The van der Waals surface area contributed by atoms with Crippen molar-refractivity contribution in [2.45, 2.75) is 72.0 Å². The van der Waals surface area contributed by atoms with Crippen LogP contribution in [0.25, 0.3) is 0 Å². The van der Waals surface area contributed by atoms with E-state index in [1.807, 2.05) is 12.3 Å². The van der Waals surface area contributed by atoms with Crippen LogP contribution in [0.4, 0.5) is 0 Å². The Kier molecular flexibility index (Phi) is 4.69. The topological polar surface area (TPSA) is 42.6 Å². The van der Waals surface area contributed by atoms with Crippen molar-refractivity contribution in [1.82, 2.24) is 0 Å². The summed E-state index contributed by atoms with van der Waals surface area (Å²) < 4.78 is 11.0. The molecule has 1 fully saturated rings. The number of aryl methyl sites for hydroxylation is 1. The fraction of sp³-hybridized carbons (Fsp3) is 0.714. The van der Waals surface area contributed by atoms with Crippen LogP contribution in [0.5, 0.6) is 0 Å². The van der Waals surface area contributed by atoms with Crippen molar-refractivity contribution in [2.75, 3.05) is 7.11 Å². The molecule has 3 nitrogen and oxygen atoms in total. The predicted molar refractivity (Wildman–Crippen MR) is 95.8 cm³/mol. The Bertz CT molecular complexity index is 599. The lowest BCUT2D eigenvalue weighted by molar-refractivity contribution is -0.125. The largest absolute Gasteiger partial charge is 0.472 e. The molecule has 1 saturated carbocycles. The van der Waals surface area contributed by atoms with Crippen LogP contribution in [0, 0.1) is 16.7 Å². The van der Waals surface area contributed by atoms with Gasteiger partial charge in [0.15, 0.2) is 0 Å². The van der Waals surface area contributed by atoms with Crippen LogP contribution < -0.4 is 0 Å². The summed E-state index contributed by atoms with van der Waals surface area (Å²) in [6.45, 7) is 9.17. The lowest BCUT2D eigenvalue weighted by atomic mass is 9.48. The van der Waals surface area contributed by atoms with Gasteiger partial charge in [0.1, 0.15) is 6.10 Å². The maximum atomic E-state index is 11.1. The zero-order valence-electron chi connectivity index (χ0n) is 15.8. The van der Waals surface area contributed by atoms with Crippen LogP contribution in [0.15, 0.2) is 34.2 Å². The third-order valence-corrected chi connectivity index (χ3v) is 6.79. The average molecular weight is 332 g/mol. The molecular formula is C21H32O3. The second kappa shape index (κ2) is 6.34. The first-order valence-electron chi connectivity index (χ1n) is 9.23. The Labute approximate surface area is 146 Å². The number of methoxy groups -OCH3 is 1. The van der Waals surface area contributed by atoms with Gasteiger partial charge in [-0.1, -0.05) is 32.8 Å². The minimum atomic E-state index is -0.423. The van der Waals surface area contributed by atoms with Crippen LogP contribution >= 0.6 is 0 Å². The van der Waals surface area contributed by atoms with Crippen LogP contribution in [0.3, 0.4) is 0 Å². The Hall–Kier alpha value is -1.06. The van der Waals surface area contributed by atoms with Crippen molar-refractivity contribution >= 4 is 0 Å². The van der Waals surface area contributed by atoms with Gasteiger partial charge in [0, 0.05) is 13.0 Å². The molecule has 0 amide bonds. The highest BCUT2D eigenvalue weighted by atomic mass is 16.5. The quantitative estimate of drug-likeness (QED) is 0.809. The summed E-state index contributed by atoms with van der Waals surface area (Å²) in [5, 5.41) is 11.1. The number of hydrogen-bond acceptors (Lipinski definition) is 3. The predicted octanol–water partition coefficient (Wildman–Crippen LogP) is 4.75. The molecule has 0 saturated heterocycles. The van der Waals surface area contributed by atoms with Gasteiger partial charge in [0.2, 0.25) is 0 Å². The number of aliphatic hydroxyl groups excluding tert-OH is 1. The highest BCUT2D eigenvalue weighted by Gasteiger charge is 2.56. The molecule has 0 aliphatic heterocycles. The minimum Gasteiger partial charge on any atom is -0.472 e. The summed E-state index contributed by atoms with van der Waals surface area (Å²) in [6, 6.07) is 2.05. The molecule has 4 atom stereocenters. The summed E-state index contributed by atoms with van der Waals surface area (Å²) in [4.78, 5) is 0. The molecule has 2 aliphatic rings. The van der Waals surface area contributed by atoms with E-state index in [0.717, 1.165) is 19.3 Å². The Morgan fingerprint density at radius 1 is 1.25 bits per heavy atom. The van der Waals surface area contributed by atoms with E-state index in [9.17, 15) is 5.11 Å². The standard InChI is InChI=1S/C21H32O3/c1-14-16(8-7-15-9-12-24-13-15)21(4)11-6-10-20(2,3)19(21)17(22)18(14)23-5/h9,12-13,17-19,22H,6-8,10-11H2,1-5H3/t17-,18-,19+,21-/m1/s1. The monoisotopic (exact) mass is 332 g/mol. The average Bonchev–Trinajstić information content (AvgIpc) is 2.99. The molecule has 0 aromatic carbocycles. The van der Waals surface area contributed by atoms with Crippen molar-refractivity contribution in [3.8, 4) is 0 Å². The summed E-state index contributed by atoms with van der Waals surface area (Å²) in [5.74, 6) is 0.242. The van der Waals surface area contributed by atoms with E-state index >= 15 is 0 Å². The van der Waals surface area contributed by atoms with E-state index in [2.05, 4.69) is 27.7 Å². The molecule has 1 N–H and O–H groups in total. The molecule has 0 spiro atoms. The fourth-order valence-electron chi connectivity index (χ4n) is 5.82. The van der Waals surface area contributed by atoms with E-state index < -0.39 is 6.10 Å². The zero-order valence-corrected chi connectivity index (χ0v) is 15.8. The first-order valence-corrected chi connectivity index (χ1v) is 9.23. The number of rotatable bonds is 4. The van der Waals surface area contributed by atoms with Crippen LogP contribution in [-0.2, 0) is 11.2 Å². The molecule has 24 heavy (non-hydrogen) atoms. The third-order valence-electron chi connectivity index (χ3n) is 6.79. The Balaban J connectivity index is 2.00. The van der Waals surface area contributed by atoms with Gasteiger partial charge in [0.25, 0.3) is 0 Å². The summed E-state index contributed by atoms with van der Waals surface area (Å²) in [5.41, 5.74) is 4.17. The molecule has 1 aromatic heterocycles. The van der Waals surface area contributed by atoms with Gasteiger partial charge in [-0.05, 0) is 60.6 Å². The molecule has 2 aliphatic carbocycles. The molecular weight excluding hydrogens is 300 g/mol. The second-order valence-corrected chi connectivity index (χ2v) is 8.68. The molecule has 0 unspecified atom stereocenters. The molecule has 3 rings (SSSR count). The number of allylic oxidation sites excluding steroid dienone is 1. The lowest BCUT2D eigenvalue weighted by Crippen LogP contribution is -2.57. The van der Waals surface area contributed by atoms with Gasteiger partial charge in [0.05, 0.1) is 18.6 Å². The van der Waals surface area contributed by atoms with E-state index in [1.54, 1.807) is 13.4 Å². The minimum absolute atomic E-state index is 0.0595. The molecule has 3 heteroatoms. The molecule has 1 aromatic rings. The Morgan fingerprint density at radius 2 is 2.00 bits per heavy atom. The van der Waals surface area contributed by atoms with Crippen LogP contribution in [0.2, 0.25) is 0 Å². The first kappa shape index (κ1) is 17.8. The highest BCUT2D eigenvalue weighted by Crippen LogP contribution is 2.60. The van der Waals surface area contributed by atoms with Crippen molar-refractivity contribution in [1.29, 1.82) is 0 Å². The fourth-order valence-corrected chi connectivity index (χ4v) is 5.82. The molecule has 134 valence electrons. The highest BCUT2D eigenvalue weighted by molar-refractivity contribution is 5.33. The number of aliphatic hydroxyl groups is 1. The normalized spacial score (nSPS) is 35.8. The molecule has 0 radical (unpaired) electrons. The maximum absolute atomic E-state index is 11.1. The van der Waals surface area contributed by atoms with Gasteiger partial charge in [-0.15, -0.1) is 0 Å². The Morgan fingerprint density at radius 3 is 2.62 bits per heavy atom.